The Morgan fingerprint density at radius 3 is 2.37 bits per heavy atom. The van der Waals surface area contributed by atoms with Crippen LogP contribution in [0.1, 0.15) is 57.8 Å². The molecule has 2 atom stereocenters. The maximum Gasteiger partial charge on any atom is 0.223 e. The summed E-state index contributed by atoms with van der Waals surface area (Å²) in [5.74, 6) is 0.562. The third-order valence-corrected chi connectivity index (χ3v) is 4.83. The van der Waals surface area contributed by atoms with E-state index < -0.39 is 0 Å². The molecule has 1 amide bonds. The minimum Gasteiger partial charge on any atom is -0.395 e. The van der Waals surface area contributed by atoms with Crippen LogP contribution in [-0.2, 0) is 4.79 Å². The van der Waals surface area contributed by atoms with Crippen molar-refractivity contribution in [1.29, 1.82) is 0 Å². The number of amides is 1. The molecule has 4 nitrogen and oxygen atoms in total. The van der Waals surface area contributed by atoms with Crippen molar-refractivity contribution >= 4 is 5.91 Å². The normalized spacial score (nSPS) is 28.5. The number of aliphatic hydroxyl groups is 1. The predicted molar refractivity (Wildman–Crippen MR) is 75.6 cm³/mol. The van der Waals surface area contributed by atoms with Crippen molar-refractivity contribution in [2.75, 3.05) is 13.2 Å². The molecule has 2 aliphatic carbocycles. The number of hydrogen-bond donors (Lipinski definition) is 2. The second-order valence-corrected chi connectivity index (χ2v) is 6.16. The van der Waals surface area contributed by atoms with E-state index in [2.05, 4.69) is 0 Å². The Morgan fingerprint density at radius 2 is 1.74 bits per heavy atom. The van der Waals surface area contributed by atoms with Gasteiger partial charge in [-0.15, -0.1) is 0 Å². The van der Waals surface area contributed by atoms with Crippen molar-refractivity contribution in [2.45, 2.75) is 69.9 Å². The van der Waals surface area contributed by atoms with E-state index in [0.717, 1.165) is 25.7 Å². The van der Waals surface area contributed by atoms with Crippen LogP contribution in [0.15, 0.2) is 0 Å². The average Bonchev–Trinajstić information content (AvgIpc) is 2.92. The zero-order chi connectivity index (χ0) is 13.7. The number of carbonyl (C=O) groups is 1. The summed E-state index contributed by atoms with van der Waals surface area (Å²) in [6.07, 6.45) is 9.75. The van der Waals surface area contributed by atoms with E-state index in [-0.39, 0.29) is 18.6 Å². The molecular weight excluding hydrogens is 240 g/mol. The molecule has 0 saturated heterocycles. The van der Waals surface area contributed by atoms with Gasteiger partial charge in [-0.2, -0.15) is 0 Å². The molecule has 0 spiro atoms. The molecule has 19 heavy (non-hydrogen) atoms. The summed E-state index contributed by atoms with van der Waals surface area (Å²) >= 11 is 0. The zero-order valence-electron chi connectivity index (χ0n) is 11.9. The molecule has 0 aromatic carbocycles. The van der Waals surface area contributed by atoms with Gasteiger partial charge in [0.2, 0.25) is 5.91 Å². The molecule has 2 unspecified atom stereocenters. The molecular formula is C15H28N2O2. The van der Waals surface area contributed by atoms with Crippen LogP contribution < -0.4 is 5.73 Å². The summed E-state index contributed by atoms with van der Waals surface area (Å²) in [5.41, 5.74) is 6.13. The van der Waals surface area contributed by atoms with Crippen LogP contribution in [0.5, 0.6) is 0 Å². The molecule has 0 bridgehead atoms. The van der Waals surface area contributed by atoms with E-state index in [1.165, 1.54) is 25.7 Å². The highest BCUT2D eigenvalue weighted by Gasteiger charge is 2.30. The van der Waals surface area contributed by atoms with Gasteiger partial charge in [-0.1, -0.05) is 25.7 Å². The van der Waals surface area contributed by atoms with Crippen LogP contribution in [0.25, 0.3) is 0 Å². The Kier molecular flexibility index (Phi) is 5.64. The average molecular weight is 268 g/mol. The first-order valence-electron chi connectivity index (χ1n) is 7.88. The highest BCUT2D eigenvalue weighted by atomic mass is 16.3. The molecule has 2 saturated carbocycles. The molecule has 2 fully saturated rings. The first kappa shape index (κ1) is 14.8. The minimum absolute atomic E-state index is 0.0684. The summed E-state index contributed by atoms with van der Waals surface area (Å²) in [5, 5.41) is 9.19. The van der Waals surface area contributed by atoms with Gasteiger partial charge in [0.1, 0.15) is 0 Å². The second kappa shape index (κ2) is 7.25. The van der Waals surface area contributed by atoms with Gasteiger partial charge in [-0.05, 0) is 31.6 Å². The van der Waals surface area contributed by atoms with Gasteiger partial charge in [-0.25, -0.2) is 0 Å². The minimum atomic E-state index is 0.0684. The van der Waals surface area contributed by atoms with Crippen molar-refractivity contribution in [3.8, 4) is 0 Å². The van der Waals surface area contributed by atoms with E-state index in [4.69, 9.17) is 5.73 Å². The highest BCUT2D eigenvalue weighted by Crippen LogP contribution is 2.28. The fourth-order valence-corrected chi connectivity index (χ4v) is 3.67. The number of aliphatic hydroxyl groups excluding tert-OH is 1. The SMILES string of the molecule is NC1CCCCC1CC(=O)N(CCO)C1CCCC1. The summed E-state index contributed by atoms with van der Waals surface area (Å²) in [4.78, 5) is 14.4. The lowest BCUT2D eigenvalue weighted by Crippen LogP contribution is -2.43. The van der Waals surface area contributed by atoms with Crippen molar-refractivity contribution in [3.05, 3.63) is 0 Å². The molecule has 0 heterocycles. The molecule has 4 heteroatoms. The van der Waals surface area contributed by atoms with Gasteiger partial charge >= 0.3 is 0 Å². The van der Waals surface area contributed by atoms with Gasteiger partial charge in [0.05, 0.1) is 6.61 Å². The van der Waals surface area contributed by atoms with Gasteiger partial charge in [0.25, 0.3) is 0 Å². The van der Waals surface area contributed by atoms with Crippen LogP contribution >= 0.6 is 0 Å². The molecule has 0 aromatic heterocycles. The Balaban J connectivity index is 1.90. The van der Waals surface area contributed by atoms with Crippen molar-refractivity contribution in [3.63, 3.8) is 0 Å². The fraction of sp³-hybridized carbons (Fsp3) is 0.933. The topological polar surface area (TPSA) is 66.6 Å². The summed E-state index contributed by atoms with van der Waals surface area (Å²) in [7, 11) is 0. The van der Waals surface area contributed by atoms with Crippen LogP contribution in [0, 0.1) is 5.92 Å². The Hall–Kier alpha value is -0.610. The quantitative estimate of drug-likeness (QED) is 0.797. The van der Waals surface area contributed by atoms with Crippen molar-refractivity contribution < 1.29 is 9.90 Å². The molecule has 2 rings (SSSR count). The molecule has 0 aliphatic heterocycles. The molecule has 3 N–H and O–H groups in total. The zero-order valence-corrected chi connectivity index (χ0v) is 11.9. The summed E-state index contributed by atoms with van der Waals surface area (Å²) < 4.78 is 0. The van der Waals surface area contributed by atoms with E-state index in [1.807, 2.05) is 4.90 Å². The number of hydrogen-bond acceptors (Lipinski definition) is 3. The van der Waals surface area contributed by atoms with E-state index in [1.54, 1.807) is 0 Å². The molecule has 2 aliphatic rings. The van der Waals surface area contributed by atoms with Gasteiger partial charge in [-0.3, -0.25) is 4.79 Å². The lowest BCUT2D eigenvalue weighted by atomic mass is 9.82. The van der Waals surface area contributed by atoms with E-state index >= 15 is 0 Å². The number of nitrogens with two attached hydrogens (primary N) is 1. The van der Waals surface area contributed by atoms with E-state index in [9.17, 15) is 9.90 Å². The molecule has 110 valence electrons. The smallest absolute Gasteiger partial charge is 0.223 e. The van der Waals surface area contributed by atoms with Crippen molar-refractivity contribution in [1.82, 2.24) is 4.90 Å². The second-order valence-electron chi connectivity index (χ2n) is 6.16. The number of nitrogens with zero attached hydrogens (tertiary/aromatic N) is 1. The summed E-state index contributed by atoms with van der Waals surface area (Å²) in [6.45, 7) is 0.560. The van der Waals surface area contributed by atoms with Crippen LogP contribution in [-0.4, -0.2) is 41.1 Å². The third-order valence-electron chi connectivity index (χ3n) is 4.83. The largest absolute Gasteiger partial charge is 0.395 e. The molecule has 0 aromatic rings. The van der Waals surface area contributed by atoms with Crippen LogP contribution in [0.2, 0.25) is 0 Å². The lowest BCUT2D eigenvalue weighted by molar-refractivity contribution is -0.135. The number of carbonyl (C=O) groups excluding carboxylic acids is 1. The predicted octanol–water partition coefficient (Wildman–Crippen LogP) is 1.66. The Bertz CT molecular complexity index is 290. The summed E-state index contributed by atoms with van der Waals surface area (Å²) in [6, 6.07) is 0.553. The molecule has 0 radical (unpaired) electrons. The standard InChI is InChI=1S/C15H28N2O2/c16-14-8-4-1-5-12(14)11-15(19)17(9-10-18)13-6-2-3-7-13/h12-14,18H,1-11,16H2. The maximum atomic E-state index is 12.5. The Morgan fingerprint density at radius 1 is 1.11 bits per heavy atom. The maximum absolute atomic E-state index is 12.5. The van der Waals surface area contributed by atoms with Crippen LogP contribution in [0.4, 0.5) is 0 Å². The fourth-order valence-electron chi connectivity index (χ4n) is 3.67. The third kappa shape index (κ3) is 3.93. The Labute approximate surface area is 116 Å². The first-order valence-corrected chi connectivity index (χ1v) is 7.88. The highest BCUT2D eigenvalue weighted by molar-refractivity contribution is 5.77. The van der Waals surface area contributed by atoms with Gasteiger partial charge < -0.3 is 15.7 Å². The number of rotatable bonds is 5. The monoisotopic (exact) mass is 268 g/mol. The van der Waals surface area contributed by atoms with Gasteiger partial charge in [0.15, 0.2) is 0 Å². The lowest BCUT2D eigenvalue weighted by Gasteiger charge is -2.33. The van der Waals surface area contributed by atoms with Crippen molar-refractivity contribution in [2.24, 2.45) is 11.7 Å². The van der Waals surface area contributed by atoms with Crippen LogP contribution in [0.3, 0.4) is 0 Å². The first-order chi connectivity index (χ1) is 9.22. The van der Waals surface area contributed by atoms with E-state index in [0.29, 0.717) is 24.9 Å². The van der Waals surface area contributed by atoms with Gasteiger partial charge in [0, 0.05) is 25.0 Å².